The van der Waals surface area contributed by atoms with Crippen LogP contribution in [0.1, 0.15) is 37.0 Å². The van der Waals surface area contributed by atoms with Gasteiger partial charge in [-0.1, -0.05) is 13.0 Å². The summed E-state index contributed by atoms with van der Waals surface area (Å²) in [5.74, 6) is -0.529. The molecule has 1 aromatic carbocycles. The molecule has 25 heavy (non-hydrogen) atoms. The monoisotopic (exact) mass is 380 g/mol. The molecule has 0 saturated heterocycles. The molecule has 1 amide bonds. The van der Waals surface area contributed by atoms with Crippen LogP contribution in [0.25, 0.3) is 11.3 Å². The molecule has 0 aliphatic heterocycles. The fourth-order valence-corrected chi connectivity index (χ4v) is 4.54. The molecular weight excluding hydrogens is 356 g/mol. The van der Waals surface area contributed by atoms with Crippen LogP contribution in [-0.2, 0) is 14.6 Å². The van der Waals surface area contributed by atoms with E-state index in [9.17, 15) is 13.2 Å². The van der Waals surface area contributed by atoms with Gasteiger partial charge in [-0.25, -0.2) is 13.4 Å². The minimum absolute atomic E-state index is 0.00649. The third-order valence-corrected chi connectivity index (χ3v) is 7.27. The van der Waals surface area contributed by atoms with Crippen LogP contribution in [0.5, 0.6) is 0 Å². The summed E-state index contributed by atoms with van der Waals surface area (Å²) in [6, 6.07) is 4.20. The second kappa shape index (κ2) is 7.66. The summed E-state index contributed by atoms with van der Waals surface area (Å²) in [5.41, 5.74) is 5.32. The number of carbonyl (C=O) groups excluding carboxylic acids is 1. The van der Waals surface area contributed by atoms with Gasteiger partial charge in [-0.15, -0.1) is 11.3 Å². The Kier molecular flexibility index (Phi) is 6.00. The summed E-state index contributed by atoms with van der Waals surface area (Å²) in [5, 5.41) is 3.84. The Morgan fingerprint density at radius 1 is 1.20 bits per heavy atom. The minimum atomic E-state index is -3.43. The molecule has 1 unspecified atom stereocenters. The van der Waals surface area contributed by atoms with Gasteiger partial charge in [0.05, 0.1) is 11.4 Å². The van der Waals surface area contributed by atoms with Crippen molar-refractivity contribution in [3.63, 3.8) is 0 Å². The summed E-state index contributed by atoms with van der Waals surface area (Å²) < 4.78 is 24.1. The van der Waals surface area contributed by atoms with Gasteiger partial charge in [-0.05, 0) is 56.9 Å². The lowest BCUT2D eigenvalue weighted by molar-refractivity contribution is -0.115. The molecule has 1 N–H and O–H groups in total. The minimum Gasteiger partial charge on any atom is -0.301 e. The smallest absolute Gasteiger partial charge is 0.244 e. The van der Waals surface area contributed by atoms with Crippen molar-refractivity contribution in [1.29, 1.82) is 0 Å². The Labute approximate surface area is 153 Å². The Morgan fingerprint density at radius 3 is 2.48 bits per heavy atom. The van der Waals surface area contributed by atoms with Crippen molar-refractivity contribution in [3.8, 4) is 11.3 Å². The van der Waals surface area contributed by atoms with Crippen LogP contribution >= 0.6 is 11.3 Å². The number of nitrogens with zero attached hydrogens (tertiary/aromatic N) is 1. The number of rotatable bonds is 6. The molecule has 1 aromatic heterocycles. The molecule has 0 aliphatic carbocycles. The summed E-state index contributed by atoms with van der Waals surface area (Å²) >= 11 is 1.29. The maximum absolute atomic E-state index is 12.2. The lowest BCUT2D eigenvalue weighted by Gasteiger charge is -2.11. The zero-order valence-corrected chi connectivity index (χ0v) is 16.8. The summed E-state index contributed by atoms with van der Waals surface area (Å²) in [7, 11) is -3.43. The van der Waals surface area contributed by atoms with Crippen molar-refractivity contribution < 1.29 is 13.2 Å². The van der Waals surface area contributed by atoms with Crippen LogP contribution in [0, 0.1) is 20.8 Å². The first-order valence-electron chi connectivity index (χ1n) is 8.22. The molecule has 0 bridgehead atoms. The number of aryl methyl sites for hydroxylation is 3. The Morgan fingerprint density at radius 2 is 1.84 bits per heavy atom. The second-order valence-corrected chi connectivity index (χ2v) is 9.59. The number of hydrogen-bond acceptors (Lipinski definition) is 5. The normalized spacial score (nSPS) is 12.8. The topological polar surface area (TPSA) is 76.1 Å². The maximum atomic E-state index is 12.2. The number of sulfone groups is 1. The van der Waals surface area contributed by atoms with Crippen molar-refractivity contribution in [1.82, 2.24) is 4.98 Å². The fourth-order valence-electron chi connectivity index (χ4n) is 2.52. The van der Waals surface area contributed by atoms with Crippen LogP contribution < -0.4 is 5.32 Å². The standard InChI is InChI=1S/C18H24N2O3S2/c1-6-7-25(22,23)14(5)17(21)20-18-19-16(10-24-18)15-9-12(3)11(2)8-13(15)4/h8-10,14H,6-7H2,1-5H3,(H,19,20,21). The molecule has 1 atom stereocenters. The number of hydrogen-bond donors (Lipinski definition) is 1. The molecule has 0 saturated carbocycles. The molecule has 0 spiro atoms. The van der Waals surface area contributed by atoms with Crippen molar-refractivity contribution in [3.05, 3.63) is 34.2 Å². The molecule has 2 rings (SSSR count). The lowest BCUT2D eigenvalue weighted by Crippen LogP contribution is -2.34. The van der Waals surface area contributed by atoms with Crippen molar-refractivity contribution in [2.24, 2.45) is 0 Å². The summed E-state index contributed by atoms with van der Waals surface area (Å²) in [6.07, 6.45) is 0.493. The average Bonchev–Trinajstić information content (AvgIpc) is 2.98. The van der Waals surface area contributed by atoms with Crippen LogP contribution in [0.2, 0.25) is 0 Å². The number of carbonyl (C=O) groups is 1. The van der Waals surface area contributed by atoms with Gasteiger partial charge in [0.25, 0.3) is 0 Å². The molecule has 136 valence electrons. The van der Waals surface area contributed by atoms with Gasteiger partial charge in [0.15, 0.2) is 15.0 Å². The lowest BCUT2D eigenvalue weighted by atomic mass is 9.99. The highest BCUT2D eigenvalue weighted by atomic mass is 32.2. The van der Waals surface area contributed by atoms with E-state index in [-0.39, 0.29) is 5.75 Å². The number of nitrogens with one attached hydrogen (secondary N) is 1. The largest absolute Gasteiger partial charge is 0.301 e. The van der Waals surface area contributed by atoms with Crippen LogP contribution in [0.3, 0.4) is 0 Å². The summed E-state index contributed by atoms with van der Waals surface area (Å²) in [6.45, 7) is 9.34. The predicted octanol–water partition coefficient (Wildman–Crippen LogP) is 3.89. The first-order valence-corrected chi connectivity index (χ1v) is 10.8. The van der Waals surface area contributed by atoms with Crippen molar-refractivity contribution >= 4 is 32.2 Å². The predicted molar refractivity (Wildman–Crippen MR) is 104 cm³/mol. The fraction of sp³-hybridized carbons (Fsp3) is 0.444. The molecule has 1 heterocycles. The summed E-state index contributed by atoms with van der Waals surface area (Å²) in [4.78, 5) is 16.7. The Hall–Kier alpha value is -1.73. The van der Waals surface area contributed by atoms with Gasteiger partial charge in [-0.3, -0.25) is 4.79 Å². The van der Waals surface area contributed by atoms with Crippen molar-refractivity contribution in [2.75, 3.05) is 11.1 Å². The van der Waals surface area contributed by atoms with E-state index >= 15 is 0 Å². The van der Waals surface area contributed by atoms with E-state index in [1.807, 2.05) is 19.2 Å². The number of anilines is 1. The Balaban J connectivity index is 2.20. The second-order valence-electron chi connectivity index (χ2n) is 6.29. The molecule has 5 nitrogen and oxygen atoms in total. The quantitative estimate of drug-likeness (QED) is 0.825. The SMILES string of the molecule is CCCS(=O)(=O)C(C)C(=O)Nc1nc(-c2cc(C)c(C)cc2C)cs1. The third kappa shape index (κ3) is 4.46. The molecule has 0 aliphatic rings. The van der Waals surface area contributed by atoms with Gasteiger partial charge in [0.2, 0.25) is 5.91 Å². The third-order valence-electron chi connectivity index (χ3n) is 4.25. The van der Waals surface area contributed by atoms with E-state index in [1.54, 1.807) is 6.92 Å². The van der Waals surface area contributed by atoms with E-state index < -0.39 is 21.0 Å². The number of thiazole rings is 1. The number of aromatic nitrogens is 1. The van der Waals surface area contributed by atoms with Gasteiger partial charge < -0.3 is 5.32 Å². The van der Waals surface area contributed by atoms with E-state index in [0.717, 1.165) is 16.8 Å². The zero-order chi connectivity index (χ0) is 18.8. The highest BCUT2D eigenvalue weighted by Crippen LogP contribution is 2.29. The Bertz CT molecular complexity index is 886. The van der Waals surface area contributed by atoms with Crippen LogP contribution in [0.15, 0.2) is 17.5 Å². The van der Waals surface area contributed by atoms with E-state index in [2.05, 4.69) is 29.4 Å². The highest BCUT2D eigenvalue weighted by molar-refractivity contribution is 7.92. The van der Waals surface area contributed by atoms with Crippen molar-refractivity contribution in [2.45, 2.75) is 46.3 Å². The van der Waals surface area contributed by atoms with Crippen LogP contribution in [-0.4, -0.2) is 30.3 Å². The van der Waals surface area contributed by atoms with E-state index in [0.29, 0.717) is 11.6 Å². The van der Waals surface area contributed by atoms with Crippen LogP contribution in [0.4, 0.5) is 5.13 Å². The number of benzene rings is 1. The maximum Gasteiger partial charge on any atom is 0.244 e. The molecule has 7 heteroatoms. The number of amides is 1. The first kappa shape index (κ1) is 19.6. The molecule has 0 radical (unpaired) electrons. The van der Waals surface area contributed by atoms with Gasteiger partial charge >= 0.3 is 0 Å². The first-order chi connectivity index (χ1) is 11.7. The van der Waals surface area contributed by atoms with Gasteiger partial charge in [0, 0.05) is 10.9 Å². The van der Waals surface area contributed by atoms with E-state index in [4.69, 9.17) is 0 Å². The van der Waals surface area contributed by atoms with Gasteiger partial charge in [0.1, 0.15) is 5.25 Å². The molecule has 2 aromatic rings. The highest BCUT2D eigenvalue weighted by Gasteiger charge is 2.27. The molecular formula is C18H24N2O3S2. The van der Waals surface area contributed by atoms with Gasteiger partial charge in [-0.2, -0.15) is 0 Å². The zero-order valence-electron chi connectivity index (χ0n) is 15.2. The van der Waals surface area contributed by atoms with E-state index in [1.165, 1.54) is 29.4 Å². The molecule has 0 fully saturated rings. The average molecular weight is 381 g/mol.